The van der Waals surface area contributed by atoms with Gasteiger partial charge >= 0.3 is 0 Å². The highest BCUT2D eigenvalue weighted by atomic mass is 16.5. The zero-order valence-corrected chi connectivity index (χ0v) is 12.7. The lowest BCUT2D eigenvalue weighted by Gasteiger charge is -2.27. The third-order valence-electron chi connectivity index (χ3n) is 3.87. The average molecular weight is 278 g/mol. The summed E-state index contributed by atoms with van der Waals surface area (Å²) >= 11 is 0. The van der Waals surface area contributed by atoms with Gasteiger partial charge in [0.25, 0.3) is 0 Å². The number of hydrogen-bond donors (Lipinski definition) is 1. The Labute approximate surface area is 122 Å². The summed E-state index contributed by atoms with van der Waals surface area (Å²) in [6.45, 7) is 5.83. The molecule has 4 heteroatoms. The van der Waals surface area contributed by atoms with E-state index in [1.807, 2.05) is 12.1 Å². The van der Waals surface area contributed by atoms with Crippen LogP contribution in [0.4, 0.5) is 0 Å². The van der Waals surface area contributed by atoms with Crippen LogP contribution in [0.5, 0.6) is 11.5 Å². The number of unbranched alkanes of at least 4 members (excludes halogenated alkanes) is 1. The van der Waals surface area contributed by atoms with E-state index < -0.39 is 0 Å². The summed E-state index contributed by atoms with van der Waals surface area (Å²) in [6, 6.07) is 6.02. The fourth-order valence-corrected chi connectivity index (χ4v) is 2.66. The first-order valence-corrected chi connectivity index (χ1v) is 7.47. The second-order valence-electron chi connectivity index (χ2n) is 5.23. The molecule has 0 unspecified atom stereocenters. The molecule has 4 nitrogen and oxygen atoms in total. The highest BCUT2D eigenvalue weighted by molar-refractivity contribution is 5.40. The van der Waals surface area contributed by atoms with Crippen LogP contribution in [0.2, 0.25) is 0 Å². The Hall–Kier alpha value is -1.26. The molecular formula is C16H26N2O2. The first kappa shape index (κ1) is 15.1. The smallest absolute Gasteiger partial charge is 0.122 e. The SMILES string of the molecule is COc1ccc(OC)c(CCCCN2CCNCC2)c1. The minimum atomic E-state index is 0.905. The topological polar surface area (TPSA) is 33.7 Å². The van der Waals surface area contributed by atoms with Gasteiger partial charge in [-0.1, -0.05) is 0 Å². The molecule has 0 radical (unpaired) electrons. The maximum Gasteiger partial charge on any atom is 0.122 e. The summed E-state index contributed by atoms with van der Waals surface area (Å²) in [6.07, 6.45) is 3.47. The summed E-state index contributed by atoms with van der Waals surface area (Å²) in [5.74, 6) is 1.87. The third-order valence-corrected chi connectivity index (χ3v) is 3.87. The van der Waals surface area contributed by atoms with Crippen molar-refractivity contribution in [2.75, 3.05) is 46.9 Å². The molecule has 0 spiro atoms. The van der Waals surface area contributed by atoms with Crippen LogP contribution >= 0.6 is 0 Å². The number of ether oxygens (including phenoxy) is 2. The summed E-state index contributed by atoms with van der Waals surface area (Å²) < 4.78 is 10.7. The molecule has 1 aromatic carbocycles. The molecule has 1 saturated heterocycles. The molecular weight excluding hydrogens is 252 g/mol. The number of nitrogens with one attached hydrogen (secondary N) is 1. The molecule has 2 rings (SSSR count). The van der Waals surface area contributed by atoms with Gasteiger partial charge in [-0.25, -0.2) is 0 Å². The lowest BCUT2D eigenvalue weighted by Crippen LogP contribution is -2.43. The van der Waals surface area contributed by atoms with Crippen molar-refractivity contribution < 1.29 is 9.47 Å². The van der Waals surface area contributed by atoms with Crippen LogP contribution in [0.25, 0.3) is 0 Å². The molecule has 1 aliphatic heterocycles. The van der Waals surface area contributed by atoms with Crippen molar-refractivity contribution in [2.24, 2.45) is 0 Å². The lowest BCUT2D eigenvalue weighted by atomic mass is 10.1. The zero-order valence-electron chi connectivity index (χ0n) is 12.7. The van der Waals surface area contributed by atoms with Crippen molar-refractivity contribution in [1.82, 2.24) is 10.2 Å². The van der Waals surface area contributed by atoms with Crippen molar-refractivity contribution in [3.8, 4) is 11.5 Å². The van der Waals surface area contributed by atoms with Gasteiger partial charge in [0.2, 0.25) is 0 Å². The monoisotopic (exact) mass is 278 g/mol. The summed E-state index contributed by atoms with van der Waals surface area (Å²) in [5, 5.41) is 3.39. The van der Waals surface area contributed by atoms with Crippen molar-refractivity contribution in [1.29, 1.82) is 0 Å². The average Bonchev–Trinajstić information content (AvgIpc) is 2.52. The lowest BCUT2D eigenvalue weighted by molar-refractivity contribution is 0.236. The van der Waals surface area contributed by atoms with Crippen molar-refractivity contribution in [2.45, 2.75) is 19.3 Å². The maximum absolute atomic E-state index is 5.42. The molecule has 20 heavy (non-hydrogen) atoms. The predicted molar refractivity (Wildman–Crippen MR) is 81.8 cm³/mol. The minimum absolute atomic E-state index is 0.905. The second kappa shape index (κ2) is 8.12. The Bertz CT molecular complexity index is 403. The van der Waals surface area contributed by atoms with Gasteiger partial charge in [-0.05, 0) is 49.6 Å². The number of nitrogens with zero attached hydrogens (tertiary/aromatic N) is 1. The third kappa shape index (κ3) is 4.39. The van der Waals surface area contributed by atoms with Crippen LogP contribution in [-0.4, -0.2) is 51.8 Å². The van der Waals surface area contributed by atoms with Crippen LogP contribution in [-0.2, 0) is 6.42 Å². The van der Waals surface area contributed by atoms with E-state index in [1.165, 1.54) is 38.0 Å². The van der Waals surface area contributed by atoms with E-state index in [9.17, 15) is 0 Å². The van der Waals surface area contributed by atoms with Gasteiger partial charge in [-0.3, -0.25) is 0 Å². The molecule has 1 aromatic rings. The molecule has 0 aromatic heterocycles. The summed E-state index contributed by atoms with van der Waals surface area (Å²) in [5.41, 5.74) is 1.24. The zero-order chi connectivity index (χ0) is 14.2. The van der Waals surface area contributed by atoms with Crippen molar-refractivity contribution in [3.63, 3.8) is 0 Å². The van der Waals surface area contributed by atoms with Gasteiger partial charge in [0.15, 0.2) is 0 Å². The summed E-state index contributed by atoms with van der Waals surface area (Å²) in [7, 11) is 3.43. The minimum Gasteiger partial charge on any atom is -0.497 e. The highest BCUT2D eigenvalue weighted by Gasteiger charge is 2.09. The van der Waals surface area contributed by atoms with E-state index in [1.54, 1.807) is 14.2 Å². The van der Waals surface area contributed by atoms with Crippen LogP contribution in [0.15, 0.2) is 18.2 Å². The van der Waals surface area contributed by atoms with Crippen molar-refractivity contribution >= 4 is 0 Å². The molecule has 0 atom stereocenters. The Balaban J connectivity index is 1.77. The first-order valence-electron chi connectivity index (χ1n) is 7.47. The Morgan fingerprint density at radius 3 is 2.60 bits per heavy atom. The molecule has 1 fully saturated rings. The van der Waals surface area contributed by atoms with E-state index in [0.29, 0.717) is 0 Å². The molecule has 0 aliphatic carbocycles. The van der Waals surface area contributed by atoms with E-state index in [0.717, 1.165) is 31.0 Å². The van der Waals surface area contributed by atoms with E-state index in [2.05, 4.69) is 16.3 Å². The van der Waals surface area contributed by atoms with Gasteiger partial charge in [-0.15, -0.1) is 0 Å². The normalized spacial score (nSPS) is 16.1. The number of methoxy groups -OCH3 is 2. The van der Waals surface area contributed by atoms with Crippen LogP contribution in [0, 0.1) is 0 Å². The van der Waals surface area contributed by atoms with E-state index in [4.69, 9.17) is 9.47 Å². The predicted octanol–water partition coefficient (Wildman–Crippen LogP) is 1.93. The van der Waals surface area contributed by atoms with Crippen molar-refractivity contribution in [3.05, 3.63) is 23.8 Å². The van der Waals surface area contributed by atoms with Crippen LogP contribution in [0.3, 0.4) is 0 Å². The molecule has 112 valence electrons. The summed E-state index contributed by atoms with van der Waals surface area (Å²) in [4.78, 5) is 2.54. The van der Waals surface area contributed by atoms with Gasteiger partial charge in [-0.2, -0.15) is 0 Å². The molecule has 0 saturated carbocycles. The molecule has 1 heterocycles. The first-order chi connectivity index (χ1) is 9.83. The van der Waals surface area contributed by atoms with Gasteiger partial charge in [0, 0.05) is 26.2 Å². The molecule has 0 amide bonds. The number of hydrogen-bond acceptors (Lipinski definition) is 4. The van der Waals surface area contributed by atoms with Gasteiger partial charge in [0.1, 0.15) is 11.5 Å². The highest BCUT2D eigenvalue weighted by Crippen LogP contribution is 2.25. The Morgan fingerprint density at radius 2 is 1.90 bits per heavy atom. The molecule has 0 bridgehead atoms. The number of aryl methyl sites for hydroxylation is 1. The maximum atomic E-state index is 5.42. The quantitative estimate of drug-likeness (QED) is 0.773. The molecule has 1 aliphatic rings. The van der Waals surface area contributed by atoms with E-state index >= 15 is 0 Å². The standard InChI is InChI=1S/C16H26N2O2/c1-19-15-6-7-16(20-2)14(13-15)5-3-4-10-18-11-8-17-9-12-18/h6-7,13,17H,3-5,8-12H2,1-2H3. The number of rotatable bonds is 7. The van der Waals surface area contributed by atoms with E-state index in [-0.39, 0.29) is 0 Å². The number of piperazine rings is 1. The Kier molecular flexibility index (Phi) is 6.15. The Morgan fingerprint density at radius 1 is 1.10 bits per heavy atom. The van der Waals surface area contributed by atoms with Crippen LogP contribution < -0.4 is 14.8 Å². The van der Waals surface area contributed by atoms with Crippen LogP contribution in [0.1, 0.15) is 18.4 Å². The second-order valence-corrected chi connectivity index (χ2v) is 5.23. The largest absolute Gasteiger partial charge is 0.497 e. The van der Waals surface area contributed by atoms with Gasteiger partial charge in [0.05, 0.1) is 14.2 Å². The van der Waals surface area contributed by atoms with Gasteiger partial charge < -0.3 is 19.7 Å². The fraction of sp³-hybridized carbons (Fsp3) is 0.625. The molecule has 1 N–H and O–H groups in total. The fourth-order valence-electron chi connectivity index (χ4n) is 2.66. The number of benzene rings is 1.